The SMILES string of the molecule is CC(C)[C@@H](CO)Nc1nc(-c2ccc(Cl)c(Cl)c2)c2c(N)c(C(N)=O)sc2n1. The molecule has 3 rings (SSSR count). The number of anilines is 2. The number of hydrogen-bond acceptors (Lipinski definition) is 7. The van der Waals surface area contributed by atoms with E-state index in [4.69, 9.17) is 34.7 Å². The van der Waals surface area contributed by atoms with E-state index in [1.165, 1.54) is 0 Å². The molecule has 0 aliphatic heterocycles. The lowest BCUT2D eigenvalue weighted by Crippen LogP contribution is -2.30. The van der Waals surface area contributed by atoms with Crippen LogP contribution in [0.25, 0.3) is 21.5 Å². The van der Waals surface area contributed by atoms with Crippen LogP contribution in [0.2, 0.25) is 10.0 Å². The number of aliphatic hydroxyl groups excluding tert-OH is 1. The summed E-state index contributed by atoms with van der Waals surface area (Å²) in [5, 5.41) is 14.0. The number of halogens is 2. The number of aromatic nitrogens is 2. The first-order valence-corrected chi connectivity index (χ1v) is 10.0. The van der Waals surface area contributed by atoms with Gasteiger partial charge in [-0.1, -0.05) is 43.1 Å². The van der Waals surface area contributed by atoms with E-state index in [2.05, 4.69) is 15.3 Å². The van der Waals surface area contributed by atoms with Gasteiger partial charge in [0.1, 0.15) is 9.71 Å². The lowest BCUT2D eigenvalue weighted by atomic mass is 10.1. The number of thiophene rings is 1. The molecule has 2 heterocycles. The van der Waals surface area contributed by atoms with Gasteiger partial charge in [0, 0.05) is 5.56 Å². The lowest BCUT2D eigenvalue weighted by Gasteiger charge is -2.20. The van der Waals surface area contributed by atoms with Crippen LogP contribution in [0.5, 0.6) is 0 Å². The molecule has 3 aromatic rings. The maximum Gasteiger partial charge on any atom is 0.260 e. The zero-order chi connectivity index (χ0) is 20.6. The Labute approximate surface area is 175 Å². The van der Waals surface area contributed by atoms with E-state index in [1.807, 2.05) is 13.8 Å². The fourth-order valence-electron chi connectivity index (χ4n) is 2.71. The number of hydrogen-bond donors (Lipinski definition) is 4. The normalized spacial score (nSPS) is 12.5. The van der Waals surface area contributed by atoms with Gasteiger partial charge in [0.05, 0.1) is 39.5 Å². The highest BCUT2D eigenvalue weighted by molar-refractivity contribution is 7.21. The second-order valence-corrected chi connectivity index (χ2v) is 8.40. The Kier molecular flexibility index (Phi) is 5.95. The van der Waals surface area contributed by atoms with Crippen molar-refractivity contribution < 1.29 is 9.90 Å². The molecule has 2 aromatic heterocycles. The summed E-state index contributed by atoms with van der Waals surface area (Å²) in [6, 6.07) is 4.84. The van der Waals surface area contributed by atoms with Gasteiger partial charge in [-0.3, -0.25) is 4.79 Å². The predicted molar refractivity (Wildman–Crippen MR) is 115 cm³/mol. The highest BCUT2D eigenvalue weighted by Gasteiger charge is 2.22. The molecule has 1 amide bonds. The minimum atomic E-state index is -0.634. The van der Waals surface area contributed by atoms with Crippen LogP contribution in [-0.4, -0.2) is 33.6 Å². The topological polar surface area (TPSA) is 127 Å². The predicted octanol–water partition coefficient (Wildman–Crippen LogP) is 3.78. The molecular formula is C18H19Cl2N5O2S. The first kappa shape index (κ1) is 20.6. The Bertz CT molecular complexity index is 1050. The number of nitrogens with two attached hydrogens (primary N) is 2. The van der Waals surface area contributed by atoms with Crippen molar-refractivity contribution in [2.24, 2.45) is 11.7 Å². The fourth-order valence-corrected chi connectivity index (χ4v) is 3.96. The largest absolute Gasteiger partial charge is 0.397 e. The van der Waals surface area contributed by atoms with Crippen LogP contribution in [0.4, 0.5) is 11.6 Å². The van der Waals surface area contributed by atoms with Gasteiger partial charge in [0.2, 0.25) is 5.95 Å². The Hall–Kier alpha value is -2.13. The van der Waals surface area contributed by atoms with Crippen LogP contribution in [-0.2, 0) is 0 Å². The summed E-state index contributed by atoms with van der Waals surface area (Å²) >= 11 is 13.3. The Morgan fingerprint density at radius 1 is 1.29 bits per heavy atom. The molecule has 0 radical (unpaired) electrons. The van der Waals surface area contributed by atoms with Crippen molar-refractivity contribution in [3.63, 3.8) is 0 Å². The standard InChI is InChI=1S/C18H19Cl2N5O2S/c1-7(2)11(6-26)23-18-24-14(8-3-4-9(19)10(20)5-8)12-13(21)15(16(22)27)28-17(12)25-18/h3-5,7,11,26H,6,21H2,1-2H3,(H2,22,27)(H,23,24,25)/t11-/m1/s1. The van der Waals surface area contributed by atoms with Crippen molar-refractivity contribution in [3.8, 4) is 11.3 Å². The number of carbonyl (C=O) groups excluding carboxylic acids is 1. The Balaban J connectivity index is 2.25. The van der Waals surface area contributed by atoms with E-state index < -0.39 is 5.91 Å². The third kappa shape index (κ3) is 3.86. The third-order valence-electron chi connectivity index (χ3n) is 4.32. The number of nitrogens with zero attached hydrogens (tertiary/aromatic N) is 2. The second-order valence-electron chi connectivity index (χ2n) is 6.59. The van der Waals surface area contributed by atoms with Crippen molar-refractivity contribution in [3.05, 3.63) is 33.1 Å². The van der Waals surface area contributed by atoms with E-state index >= 15 is 0 Å². The molecule has 0 aliphatic rings. The number of nitrogens with one attached hydrogen (secondary N) is 1. The van der Waals surface area contributed by atoms with Crippen molar-refractivity contribution in [2.75, 3.05) is 17.7 Å². The molecule has 7 nitrogen and oxygen atoms in total. The van der Waals surface area contributed by atoms with Crippen molar-refractivity contribution >= 4 is 62.3 Å². The molecule has 0 aliphatic carbocycles. The number of carbonyl (C=O) groups is 1. The number of rotatable bonds is 6. The zero-order valence-electron chi connectivity index (χ0n) is 15.2. The molecule has 28 heavy (non-hydrogen) atoms. The Morgan fingerprint density at radius 2 is 2.00 bits per heavy atom. The number of benzene rings is 1. The summed E-state index contributed by atoms with van der Waals surface area (Å²) in [6.45, 7) is 3.86. The molecule has 0 saturated heterocycles. The average molecular weight is 440 g/mol. The van der Waals surface area contributed by atoms with Gasteiger partial charge < -0.3 is 21.9 Å². The van der Waals surface area contributed by atoms with E-state index in [0.29, 0.717) is 37.5 Å². The number of amides is 1. The molecule has 1 aromatic carbocycles. The van der Waals surface area contributed by atoms with E-state index in [0.717, 1.165) is 11.3 Å². The molecule has 1 atom stereocenters. The molecule has 0 bridgehead atoms. The third-order valence-corrected chi connectivity index (χ3v) is 6.17. The molecule has 148 valence electrons. The maximum absolute atomic E-state index is 11.8. The van der Waals surface area contributed by atoms with Gasteiger partial charge >= 0.3 is 0 Å². The van der Waals surface area contributed by atoms with Gasteiger partial charge in [-0.25, -0.2) is 9.97 Å². The molecule has 0 saturated carbocycles. The van der Waals surface area contributed by atoms with Crippen LogP contribution in [0.3, 0.4) is 0 Å². The van der Waals surface area contributed by atoms with Crippen molar-refractivity contribution in [2.45, 2.75) is 19.9 Å². The van der Waals surface area contributed by atoms with Crippen LogP contribution in [0.1, 0.15) is 23.5 Å². The molecule has 10 heteroatoms. The van der Waals surface area contributed by atoms with Crippen LogP contribution in [0.15, 0.2) is 18.2 Å². The highest BCUT2D eigenvalue weighted by Crippen LogP contribution is 2.40. The summed E-state index contributed by atoms with van der Waals surface area (Å²) in [6.07, 6.45) is 0. The van der Waals surface area contributed by atoms with Crippen LogP contribution >= 0.6 is 34.5 Å². The van der Waals surface area contributed by atoms with Gasteiger partial charge in [0.15, 0.2) is 0 Å². The van der Waals surface area contributed by atoms with E-state index in [1.54, 1.807) is 18.2 Å². The van der Waals surface area contributed by atoms with Gasteiger partial charge in [0.25, 0.3) is 5.91 Å². The van der Waals surface area contributed by atoms with Gasteiger partial charge in [-0.05, 0) is 18.1 Å². The smallest absolute Gasteiger partial charge is 0.260 e. The van der Waals surface area contributed by atoms with Crippen molar-refractivity contribution in [1.82, 2.24) is 9.97 Å². The minimum absolute atomic E-state index is 0.0831. The lowest BCUT2D eigenvalue weighted by molar-refractivity contribution is 0.100. The number of nitrogen functional groups attached to an aromatic ring is 1. The first-order valence-electron chi connectivity index (χ1n) is 8.45. The Morgan fingerprint density at radius 3 is 2.57 bits per heavy atom. The van der Waals surface area contributed by atoms with E-state index in [9.17, 15) is 9.90 Å². The quantitative estimate of drug-likeness (QED) is 0.462. The van der Waals surface area contributed by atoms with Crippen LogP contribution in [0, 0.1) is 5.92 Å². The van der Waals surface area contributed by atoms with Gasteiger partial charge in [-0.2, -0.15) is 0 Å². The van der Waals surface area contributed by atoms with Crippen molar-refractivity contribution in [1.29, 1.82) is 0 Å². The summed E-state index contributed by atoms with van der Waals surface area (Å²) in [7, 11) is 0. The fraction of sp³-hybridized carbons (Fsp3) is 0.278. The monoisotopic (exact) mass is 439 g/mol. The highest BCUT2D eigenvalue weighted by atomic mass is 35.5. The van der Waals surface area contributed by atoms with Gasteiger partial charge in [-0.15, -0.1) is 11.3 Å². The molecule has 0 fully saturated rings. The maximum atomic E-state index is 11.8. The average Bonchev–Trinajstić information content (AvgIpc) is 2.98. The zero-order valence-corrected chi connectivity index (χ0v) is 17.5. The van der Waals surface area contributed by atoms with E-state index in [-0.39, 0.29) is 29.1 Å². The molecular weight excluding hydrogens is 421 g/mol. The molecule has 0 spiro atoms. The summed E-state index contributed by atoms with van der Waals surface area (Å²) < 4.78 is 0. The number of aliphatic hydroxyl groups is 1. The molecule has 0 unspecified atom stereocenters. The summed E-state index contributed by atoms with van der Waals surface area (Å²) in [5.74, 6) is -0.184. The minimum Gasteiger partial charge on any atom is -0.397 e. The molecule has 6 N–H and O–H groups in total. The summed E-state index contributed by atoms with van der Waals surface area (Å²) in [4.78, 5) is 21.5. The number of primary amides is 1. The summed E-state index contributed by atoms with van der Waals surface area (Å²) in [5.41, 5.74) is 13.0. The first-order chi connectivity index (χ1) is 13.2. The van der Waals surface area contributed by atoms with Crippen LogP contribution < -0.4 is 16.8 Å². The number of fused-ring (bicyclic) bond motifs is 1. The second kappa shape index (κ2) is 8.08.